The fourth-order valence-electron chi connectivity index (χ4n) is 4.74. The molecule has 37 heavy (non-hydrogen) atoms. The van der Waals surface area contributed by atoms with Gasteiger partial charge in [0, 0.05) is 40.3 Å². The van der Waals surface area contributed by atoms with Gasteiger partial charge < -0.3 is 4.57 Å². The molecule has 178 valence electrons. The van der Waals surface area contributed by atoms with E-state index in [1.807, 2.05) is 91.1 Å². The van der Waals surface area contributed by atoms with Crippen molar-refractivity contribution in [2.75, 3.05) is 0 Å². The van der Waals surface area contributed by atoms with Crippen LogP contribution < -0.4 is 0 Å². The summed E-state index contributed by atoms with van der Waals surface area (Å²) in [4.78, 5) is 38.3. The van der Waals surface area contributed by atoms with E-state index in [9.17, 15) is 9.59 Å². The zero-order valence-corrected chi connectivity index (χ0v) is 20.2. The van der Waals surface area contributed by atoms with Crippen LogP contribution >= 0.6 is 11.6 Å². The van der Waals surface area contributed by atoms with Crippen LogP contribution in [-0.4, -0.2) is 31.6 Å². The quantitative estimate of drug-likeness (QED) is 0.151. The number of aldehydes is 1. The number of hydrogen-bond donors (Lipinski definition) is 0. The summed E-state index contributed by atoms with van der Waals surface area (Å²) in [6.07, 6.45) is 5.26. The molecule has 0 radical (unpaired) electrons. The average molecular weight is 503 g/mol. The molecular weight excluding hydrogens is 484 g/mol. The van der Waals surface area contributed by atoms with Gasteiger partial charge in [0.15, 0.2) is 11.4 Å². The fraction of sp³-hybridized carbons (Fsp3) is 0.0333. The van der Waals surface area contributed by atoms with Crippen molar-refractivity contribution in [1.29, 1.82) is 0 Å². The third-order valence-corrected chi connectivity index (χ3v) is 6.70. The van der Waals surface area contributed by atoms with Crippen molar-refractivity contribution in [2.45, 2.75) is 6.04 Å². The molecule has 0 saturated heterocycles. The number of aromatic nitrogens is 4. The number of halogens is 1. The molecule has 6 rings (SSSR count). The minimum absolute atomic E-state index is 0.209. The van der Waals surface area contributed by atoms with Crippen LogP contribution in [0.4, 0.5) is 0 Å². The molecule has 6 aromatic rings. The summed E-state index contributed by atoms with van der Waals surface area (Å²) in [6, 6.07) is 26.7. The number of fused-ring (bicyclic) bond motifs is 2. The van der Waals surface area contributed by atoms with Crippen LogP contribution in [0, 0.1) is 0 Å². The van der Waals surface area contributed by atoms with E-state index >= 15 is 0 Å². The summed E-state index contributed by atoms with van der Waals surface area (Å²) in [5.74, 6) is -0.628. The fourth-order valence-corrected chi connectivity index (χ4v) is 4.95. The maximum atomic E-state index is 12.9. The second-order valence-electron chi connectivity index (χ2n) is 8.60. The highest BCUT2D eigenvalue weighted by Gasteiger charge is 2.27. The first-order chi connectivity index (χ1) is 18.1. The summed E-state index contributed by atoms with van der Waals surface area (Å²) in [5.41, 5.74) is 4.17. The Balaban J connectivity index is 1.61. The van der Waals surface area contributed by atoms with Crippen molar-refractivity contribution in [1.82, 2.24) is 19.5 Å². The second-order valence-corrected chi connectivity index (χ2v) is 8.96. The zero-order chi connectivity index (χ0) is 25.4. The third kappa shape index (κ3) is 4.07. The molecule has 6 nitrogen and oxygen atoms in total. The van der Waals surface area contributed by atoms with E-state index in [-0.39, 0.29) is 10.8 Å². The predicted octanol–water partition coefficient (Wildman–Crippen LogP) is 6.32. The van der Waals surface area contributed by atoms with Crippen molar-refractivity contribution in [3.05, 3.63) is 126 Å². The molecule has 3 heterocycles. The lowest BCUT2D eigenvalue weighted by molar-refractivity contribution is -0.104. The first-order valence-corrected chi connectivity index (χ1v) is 12.0. The summed E-state index contributed by atoms with van der Waals surface area (Å²) in [5, 5.41) is 2.67. The van der Waals surface area contributed by atoms with E-state index in [0.717, 1.165) is 33.1 Å². The van der Waals surface area contributed by atoms with Crippen LogP contribution in [0.3, 0.4) is 0 Å². The van der Waals surface area contributed by atoms with Gasteiger partial charge in [-0.3, -0.25) is 14.6 Å². The van der Waals surface area contributed by atoms with Crippen LogP contribution in [0.15, 0.2) is 104 Å². The van der Waals surface area contributed by atoms with Gasteiger partial charge >= 0.3 is 0 Å². The van der Waals surface area contributed by atoms with Crippen molar-refractivity contribution in [3.8, 4) is 11.3 Å². The van der Waals surface area contributed by atoms with E-state index in [1.54, 1.807) is 10.8 Å². The first kappa shape index (κ1) is 22.8. The Morgan fingerprint density at radius 1 is 0.865 bits per heavy atom. The zero-order valence-electron chi connectivity index (χ0n) is 19.5. The summed E-state index contributed by atoms with van der Waals surface area (Å²) in [6.45, 7) is 0. The minimum atomic E-state index is -0.628. The Bertz CT molecular complexity index is 1800. The topological polar surface area (TPSA) is 77.7 Å². The van der Waals surface area contributed by atoms with Gasteiger partial charge in [0.2, 0.25) is 5.78 Å². The van der Waals surface area contributed by atoms with Gasteiger partial charge in [-0.05, 0) is 17.7 Å². The largest absolute Gasteiger partial charge is 0.330 e. The number of Topliss-reactive ketones (excluding diaryl/α,β-unsaturated/α-hetero) is 1. The van der Waals surface area contributed by atoms with Crippen molar-refractivity contribution < 1.29 is 9.59 Å². The van der Waals surface area contributed by atoms with Gasteiger partial charge in [0.1, 0.15) is 17.4 Å². The second kappa shape index (κ2) is 9.41. The number of ketones is 1. The van der Waals surface area contributed by atoms with Gasteiger partial charge in [-0.1, -0.05) is 84.4 Å². The summed E-state index contributed by atoms with van der Waals surface area (Å²) >= 11 is 6.55. The van der Waals surface area contributed by atoms with Crippen molar-refractivity contribution >= 4 is 45.3 Å². The van der Waals surface area contributed by atoms with E-state index in [1.165, 1.54) is 6.20 Å². The smallest absolute Gasteiger partial charge is 0.242 e. The third-order valence-electron chi connectivity index (χ3n) is 6.41. The maximum Gasteiger partial charge on any atom is 0.242 e. The van der Waals surface area contributed by atoms with E-state index < -0.39 is 11.8 Å². The molecule has 3 aromatic carbocycles. The molecule has 0 saturated carbocycles. The molecule has 0 N–H and O–H groups in total. The molecule has 1 atom stereocenters. The lowest BCUT2D eigenvalue weighted by atomic mass is 10.00. The summed E-state index contributed by atoms with van der Waals surface area (Å²) in [7, 11) is 0. The van der Waals surface area contributed by atoms with Crippen molar-refractivity contribution in [3.63, 3.8) is 0 Å². The SMILES string of the molecule is O=CC(=O)c1c2ccccc2cn1C(c1ccc2ccc(-c3ccccc3)nc2c1)c1nccnc1Cl. The van der Waals surface area contributed by atoms with Gasteiger partial charge in [-0.25, -0.2) is 9.97 Å². The highest BCUT2D eigenvalue weighted by molar-refractivity contribution is 6.36. The molecule has 0 amide bonds. The molecule has 7 heteroatoms. The average Bonchev–Trinajstić information content (AvgIpc) is 3.33. The van der Waals surface area contributed by atoms with Gasteiger partial charge in [-0.2, -0.15) is 0 Å². The number of carbonyl (C=O) groups is 2. The van der Waals surface area contributed by atoms with E-state index in [2.05, 4.69) is 9.97 Å². The Hall–Kier alpha value is -4.68. The molecule has 0 fully saturated rings. The summed E-state index contributed by atoms with van der Waals surface area (Å²) < 4.78 is 1.76. The Kier molecular flexibility index (Phi) is 5.79. The van der Waals surface area contributed by atoms with E-state index in [0.29, 0.717) is 17.4 Å². The monoisotopic (exact) mass is 502 g/mol. The first-order valence-electron chi connectivity index (χ1n) is 11.7. The van der Waals surface area contributed by atoms with Crippen LogP contribution in [0.5, 0.6) is 0 Å². The van der Waals surface area contributed by atoms with E-state index in [4.69, 9.17) is 16.6 Å². The minimum Gasteiger partial charge on any atom is -0.330 e. The Morgan fingerprint density at radius 2 is 1.62 bits per heavy atom. The molecular formula is C30H19ClN4O2. The molecule has 0 bridgehead atoms. The highest BCUT2D eigenvalue weighted by Crippen LogP contribution is 2.35. The Morgan fingerprint density at radius 3 is 2.43 bits per heavy atom. The molecule has 0 spiro atoms. The molecule has 3 aromatic heterocycles. The lowest BCUT2D eigenvalue weighted by Crippen LogP contribution is -2.19. The predicted molar refractivity (Wildman–Crippen MR) is 144 cm³/mol. The number of carbonyl (C=O) groups excluding carboxylic acids is 2. The maximum absolute atomic E-state index is 12.9. The normalized spacial score (nSPS) is 12.0. The van der Waals surface area contributed by atoms with Gasteiger partial charge in [0.05, 0.1) is 11.2 Å². The number of nitrogens with zero attached hydrogens (tertiary/aromatic N) is 4. The molecule has 0 aliphatic heterocycles. The molecule has 0 aliphatic rings. The number of benzene rings is 3. The number of hydrogen-bond acceptors (Lipinski definition) is 5. The van der Waals surface area contributed by atoms with Gasteiger partial charge in [-0.15, -0.1) is 0 Å². The number of rotatable bonds is 6. The van der Waals surface area contributed by atoms with Crippen LogP contribution in [0.1, 0.15) is 27.8 Å². The number of pyridine rings is 1. The molecule has 1 unspecified atom stereocenters. The lowest BCUT2D eigenvalue weighted by Gasteiger charge is -2.22. The van der Waals surface area contributed by atoms with Crippen LogP contribution in [-0.2, 0) is 4.79 Å². The highest BCUT2D eigenvalue weighted by atomic mass is 35.5. The standard InChI is InChI=1S/C30H19ClN4O2/c31-30-27(32-14-15-33-30)28(35-17-22-8-4-5-9-23(22)29(35)26(37)18-36)21-11-10-20-12-13-24(34-25(20)16-21)19-6-2-1-3-7-19/h1-18,28H. The van der Waals surface area contributed by atoms with Crippen LogP contribution in [0.2, 0.25) is 5.15 Å². The van der Waals surface area contributed by atoms with Crippen molar-refractivity contribution in [2.24, 2.45) is 0 Å². The molecule has 0 aliphatic carbocycles. The Labute approximate surface area is 217 Å². The van der Waals surface area contributed by atoms with Crippen LogP contribution in [0.25, 0.3) is 32.9 Å². The van der Waals surface area contributed by atoms with Gasteiger partial charge in [0.25, 0.3) is 0 Å².